The van der Waals surface area contributed by atoms with Crippen molar-refractivity contribution in [2.24, 2.45) is 22.5 Å². The van der Waals surface area contributed by atoms with Crippen molar-refractivity contribution in [3.05, 3.63) is 70.3 Å². The Labute approximate surface area is 227 Å². The molecule has 1 saturated carbocycles. The minimum absolute atomic E-state index is 0.102. The number of rotatable bonds is 2. The standard InChI is InChI=1S/C20H29NO.C15H24/c1-13(2)14-6-8-16-15(12-14)7-9-17-19(16,3)10-5-11-20(17,4)18(21)22;1-13-7-5-8-14(2)10-12-15(3,4)11-6-9-13/h6,8,12-13,17H,5,7,9-11H2,1-4H3,(H2,21,22);6-7,10-11H,5,8-9,12H2,1-4H3. The molecular weight excluding hydrogens is 450 g/mol. The SMILES string of the molecule is CC(C)c1ccc2c(c1)CCC1C(C)(C(N)=O)CCCC21C.CC1=CCCC(C)=CCC(C)(C)C=CC1. The topological polar surface area (TPSA) is 43.1 Å². The fourth-order valence-corrected chi connectivity index (χ4v) is 6.97. The van der Waals surface area contributed by atoms with E-state index in [1.807, 2.05) is 0 Å². The summed E-state index contributed by atoms with van der Waals surface area (Å²) in [5, 5.41) is 0. The van der Waals surface area contributed by atoms with E-state index in [4.69, 9.17) is 5.73 Å². The van der Waals surface area contributed by atoms with E-state index in [0.717, 1.165) is 38.5 Å². The van der Waals surface area contributed by atoms with Gasteiger partial charge in [-0.2, -0.15) is 0 Å². The van der Waals surface area contributed by atoms with Gasteiger partial charge in [0.1, 0.15) is 0 Å². The second kappa shape index (κ2) is 11.7. The molecule has 2 nitrogen and oxygen atoms in total. The van der Waals surface area contributed by atoms with Crippen LogP contribution < -0.4 is 5.73 Å². The summed E-state index contributed by atoms with van der Waals surface area (Å²) in [4.78, 5) is 12.2. The summed E-state index contributed by atoms with van der Waals surface area (Å²) in [5.41, 5.74) is 13.3. The van der Waals surface area contributed by atoms with Gasteiger partial charge in [-0.25, -0.2) is 0 Å². The van der Waals surface area contributed by atoms with Crippen LogP contribution in [0.5, 0.6) is 0 Å². The smallest absolute Gasteiger partial charge is 0.223 e. The molecular formula is C35H53NO. The third kappa shape index (κ3) is 6.87. The molecule has 0 radical (unpaired) electrons. The van der Waals surface area contributed by atoms with Gasteiger partial charge in [-0.05, 0) is 105 Å². The average molecular weight is 504 g/mol. The van der Waals surface area contributed by atoms with Crippen LogP contribution in [-0.2, 0) is 16.6 Å². The van der Waals surface area contributed by atoms with E-state index >= 15 is 0 Å². The van der Waals surface area contributed by atoms with Crippen LogP contribution >= 0.6 is 0 Å². The Hall–Kier alpha value is -2.09. The Kier molecular flexibility index (Phi) is 9.36. The fourth-order valence-electron chi connectivity index (χ4n) is 6.97. The second-order valence-electron chi connectivity index (χ2n) is 13.7. The average Bonchev–Trinajstić information content (AvgIpc) is 2.84. The molecule has 1 aromatic rings. The van der Waals surface area contributed by atoms with Crippen molar-refractivity contribution in [2.75, 3.05) is 0 Å². The number of carbonyl (C=O) groups is 1. The van der Waals surface area contributed by atoms with Crippen molar-refractivity contribution in [3.63, 3.8) is 0 Å². The van der Waals surface area contributed by atoms with E-state index in [0.29, 0.717) is 17.3 Å². The van der Waals surface area contributed by atoms with Gasteiger partial charge in [0, 0.05) is 5.41 Å². The van der Waals surface area contributed by atoms with Crippen molar-refractivity contribution >= 4 is 5.91 Å². The number of hydrogen-bond donors (Lipinski definition) is 1. The Morgan fingerprint density at radius 1 is 1.00 bits per heavy atom. The lowest BCUT2D eigenvalue weighted by molar-refractivity contribution is -0.135. The molecule has 0 spiro atoms. The summed E-state index contributed by atoms with van der Waals surface area (Å²) in [7, 11) is 0. The van der Waals surface area contributed by atoms with Gasteiger partial charge in [0.05, 0.1) is 0 Å². The third-order valence-corrected chi connectivity index (χ3v) is 9.62. The summed E-state index contributed by atoms with van der Waals surface area (Å²) >= 11 is 0. The van der Waals surface area contributed by atoms with Crippen molar-refractivity contribution < 1.29 is 4.79 Å². The molecule has 0 aromatic heterocycles. The minimum atomic E-state index is -0.346. The lowest BCUT2D eigenvalue weighted by atomic mass is 9.49. The molecule has 1 aromatic carbocycles. The normalized spacial score (nSPS) is 29.5. The maximum absolute atomic E-state index is 12.2. The Morgan fingerprint density at radius 2 is 1.73 bits per heavy atom. The molecule has 2 heteroatoms. The zero-order valence-corrected chi connectivity index (χ0v) is 25.0. The second-order valence-corrected chi connectivity index (χ2v) is 13.7. The molecule has 0 saturated heterocycles. The zero-order valence-electron chi connectivity index (χ0n) is 25.0. The Morgan fingerprint density at radius 3 is 2.41 bits per heavy atom. The number of allylic oxidation sites excluding steroid dienone is 6. The number of aryl methyl sites for hydroxylation is 1. The van der Waals surface area contributed by atoms with E-state index < -0.39 is 0 Å². The van der Waals surface area contributed by atoms with Crippen LogP contribution in [0.3, 0.4) is 0 Å². The number of benzene rings is 1. The Bertz CT molecular complexity index is 1060. The highest BCUT2D eigenvalue weighted by Crippen LogP contribution is 2.57. The van der Waals surface area contributed by atoms with Crippen molar-refractivity contribution in [3.8, 4) is 0 Å². The van der Waals surface area contributed by atoms with Gasteiger partial charge < -0.3 is 5.73 Å². The maximum Gasteiger partial charge on any atom is 0.223 e. The van der Waals surface area contributed by atoms with E-state index in [9.17, 15) is 4.79 Å². The van der Waals surface area contributed by atoms with Crippen molar-refractivity contribution in [1.29, 1.82) is 0 Å². The first kappa shape index (κ1) is 29.5. The molecule has 3 unspecified atom stereocenters. The quantitative estimate of drug-likeness (QED) is 0.401. The summed E-state index contributed by atoms with van der Waals surface area (Å²) in [6, 6.07) is 7.02. The lowest BCUT2D eigenvalue weighted by Crippen LogP contribution is -2.54. The van der Waals surface area contributed by atoms with Gasteiger partial charge in [-0.1, -0.05) is 102 Å². The number of carbonyl (C=O) groups excluding carboxylic acids is 1. The fraction of sp³-hybridized carbons (Fsp3) is 0.629. The van der Waals surface area contributed by atoms with Crippen molar-refractivity contribution in [2.45, 2.75) is 125 Å². The molecule has 204 valence electrons. The molecule has 1 amide bonds. The van der Waals surface area contributed by atoms with Crippen LogP contribution in [0.25, 0.3) is 0 Å². The number of nitrogens with two attached hydrogens (primary N) is 1. The molecule has 2 N–H and O–H groups in total. The van der Waals surface area contributed by atoms with Gasteiger partial charge in [-0.15, -0.1) is 0 Å². The van der Waals surface area contributed by atoms with E-state index in [2.05, 4.69) is 97.9 Å². The van der Waals surface area contributed by atoms with E-state index in [-0.39, 0.29) is 16.7 Å². The molecule has 0 bridgehead atoms. The van der Waals surface area contributed by atoms with Gasteiger partial charge in [0.15, 0.2) is 0 Å². The Balaban J connectivity index is 0.000000222. The first-order valence-corrected chi connectivity index (χ1v) is 14.7. The number of amides is 1. The van der Waals surface area contributed by atoms with Crippen LogP contribution in [0.15, 0.2) is 53.6 Å². The number of fused-ring (bicyclic) bond motifs is 3. The zero-order chi connectivity index (χ0) is 27.4. The van der Waals surface area contributed by atoms with Gasteiger partial charge in [-0.3, -0.25) is 4.79 Å². The predicted octanol–water partition coefficient (Wildman–Crippen LogP) is 9.34. The first-order chi connectivity index (χ1) is 17.3. The van der Waals surface area contributed by atoms with Gasteiger partial charge in [0.25, 0.3) is 0 Å². The van der Waals surface area contributed by atoms with E-state index in [1.165, 1.54) is 47.1 Å². The molecule has 1 fully saturated rings. The number of primary amides is 1. The molecule has 37 heavy (non-hydrogen) atoms. The maximum atomic E-state index is 12.2. The summed E-state index contributed by atoms with van der Waals surface area (Å²) < 4.78 is 0. The van der Waals surface area contributed by atoms with E-state index in [1.54, 1.807) is 0 Å². The molecule has 3 aliphatic carbocycles. The highest BCUT2D eigenvalue weighted by atomic mass is 16.1. The molecule has 3 atom stereocenters. The lowest BCUT2D eigenvalue weighted by Gasteiger charge is -2.54. The summed E-state index contributed by atoms with van der Waals surface area (Å²) in [6.45, 7) is 18.1. The van der Waals surface area contributed by atoms with Gasteiger partial charge in [0.2, 0.25) is 5.91 Å². The largest absolute Gasteiger partial charge is 0.369 e. The summed E-state index contributed by atoms with van der Waals surface area (Å²) in [6.07, 6.45) is 19.5. The molecule has 0 aliphatic heterocycles. The van der Waals surface area contributed by atoms with Crippen LogP contribution in [0.1, 0.15) is 129 Å². The highest BCUT2D eigenvalue weighted by Gasteiger charge is 2.54. The molecule has 0 heterocycles. The van der Waals surface area contributed by atoms with Crippen LogP contribution in [0.2, 0.25) is 0 Å². The third-order valence-electron chi connectivity index (χ3n) is 9.62. The monoisotopic (exact) mass is 503 g/mol. The first-order valence-electron chi connectivity index (χ1n) is 14.7. The molecule has 4 rings (SSSR count). The predicted molar refractivity (Wildman–Crippen MR) is 160 cm³/mol. The summed E-state index contributed by atoms with van der Waals surface area (Å²) in [5.74, 6) is 0.840. The van der Waals surface area contributed by atoms with Gasteiger partial charge >= 0.3 is 0 Å². The van der Waals surface area contributed by atoms with Crippen LogP contribution in [0, 0.1) is 16.7 Å². The number of hydrogen-bond acceptors (Lipinski definition) is 1. The minimum Gasteiger partial charge on any atom is -0.369 e. The van der Waals surface area contributed by atoms with Crippen LogP contribution in [0.4, 0.5) is 0 Å². The highest BCUT2D eigenvalue weighted by molar-refractivity contribution is 5.81. The van der Waals surface area contributed by atoms with Crippen molar-refractivity contribution in [1.82, 2.24) is 0 Å². The van der Waals surface area contributed by atoms with Crippen LogP contribution in [-0.4, -0.2) is 5.91 Å². The molecule has 3 aliphatic rings.